The van der Waals surface area contributed by atoms with Gasteiger partial charge in [0.2, 0.25) is 15.9 Å². The van der Waals surface area contributed by atoms with Gasteiger partial charge in [0, 0.05) is 38.6 Å². The van der Waals surface area contributed by atoms with Crippen LogP contribution in [0.1, 0.15) is 40.5 Å². The van der Waals surface area contributed by atoms with Crippen molar-refractivity contribution >= 4 is 15.9 Å². The first-order valence-corrected chi connectivity index (χ1v) is 12.3. The van der Waals surface area contributed by atoms with Crippen LogP contribution >= 0.6 is 0 Å². The van der Waals surface area contributed by atoms with E-state index < -0.39 is 10.0 Å². The van der Waals surface area contributed by atoms with E-state index in [1.807, 2.05) is 11.0 Å². The first-order valence-electron chi connectivity index (χ1n) is 10.9. The molecule has 1 aliphatic heterocycles. The third kappa shape index (κ3) is 6.52. The fourth-order valence-corrected chi connectivity index (χ4v) is 5.37. The fourth-order valence-electron chi connectivity index (χ4n) is 3.88. The molecule has 0 bridgehead atoms. The summed E-state index contributed by atoms with van der Waals surface area (Å²) in [6, 6.07) is 8.55. The third-order valence-corrected chi connectivity index (χ3v) is 7.57. The molecule has 0 unspecified atom stereocenters. The standard InChI is InChI=1S/C22H37N3O3S/c1-5-23(6-2)16-17-24(18-19(3)4)22(26)20-12-14-25(15-13-20)29(27,28)21-10-8-7-9-11-21/h7-11,19-20H,5-6,12-18H2,1-4H3. The molecule has 6 nitrogen and oxygen atoms in total. The molecule has 164 valence electrons. The number of piperidine rings is 1. The monoisotopic (exact) mass is 423 g/mol. The van der Waals surface area contributed by atoms with Gasteiger partial charge in [-0.3, -0.25) is 4.79 Å². The summed E-state index contributed by atoms with van der Waals surface area (Å²) in [4.78, 5) is 17.8. The summed E-state index contributed by atoms with van der Waals surface area (Å²) in [5, 5.41) is 0. The molecule has 1 fully saturated rings. The Labute approximate surface area is 176 Å². The Hall–Kier alpha value is -1.44. The second kappa shape index (κ2) is 11.1. The Morgan fingerprint density at radius 1 is 1.07 bits per heavy atom. The molecule has 1 saturated heterocycles. The quantitative estimate of drug-likeness (QED) is 0.581. The summed E-state index contributed by atoms with van der Waals surface area (Å²) in [7, 11) is -3.48. The summed E-state index contributed by atoms with van der Waals surface area (Å²) < 4.78 is 27.1. The zero-order chi connectivity index (χ0) is 21.4. The molecule has 1 aromatic carbocycles. The number of likely N-dealkylation sites (N-methyl/N-ethyl adjacent to an activating group) is 1. The van der Waals surface area contributed by atoms with Crippen LogP contribution < -0.4 is 0 Å². The fraction of sp³-hybridized carbons (Fsp3) is 0.682. The second-order valence-electron chi connectivity index (χ2n) is 8.20. The number of hydrogen-bond donors (Lipinski definition) is 0. The van der Waals surface area contributed by atoms with Crippen LogP contribution in [0, 0.1) is 11.8 Å². The van der Waals surface area contributed by atoms with Crippen LogP contribution in [0.3, 0.4) is 0 Å². The smallest absolute Gasteiger partial charge is 0.243 e. The molecule has 1 aliphatic rings. The van der Waals surface area contributed by atoms with Crippen LogP contribution in [0.5, 0.6) is 0 Å². The second-order valence-corrected chi connectivity index (χ2v) is 10.1. The number of benzene rings is 1. The molecule has 0 aliphatic carbocycles. The van der Waals surface area contributed by atoms with Gasteiger partial charge in [0.25, 0.3) is 0 Å². The van der Waals surface area contributed by atoms with E-state index in [2.05, 4.69) is 32.6 Å². The van der Waals surface area contributed by atoms with E-state index >= 15 is 0 Å². The Balaban J connectivity index is 1.98. The molecular weight excluding hydrogens is 386 g/mol. The lowest BCUT2D eigenvalue weighted by Gasteiger charge is -2.35. The highest BCUT2D eigenvalue weighted by Gasteiger charge is 2.33. The van der Waals surface area contributed by atoms with Crippen LogP contribution in [0.4, 0.5) is 0 Å². The van der Waals surface area contributed by atoms with Crippen LogP contribution in [0.25, 0.3) is 0 Å². The van der Waals surface area contributed by atoms with Crippen molar-refractivity contribution in [3.8, 4) is 0 Å². The molecule has 0 saturated carbocycles. The molecule has 1 heterocycles. The number of carbonyl (C=O) groups excluding carboxylic acids is 1. The van der Waals surface area contributed by atoms with Crippen LogP contribution in [-0.2, 0) is 14.8 Å². The van der Waals surface area contributed by atoms with E-state index in [4.69, 9.17) is 0 Å². The van der Waals surface area contributed by atoms with E-state index in [-0.39, 0.29) is 11.8 Å². The zero-order valence-corrected chi connectivity index (χ0v) is 19.2. The van der Waals surface area contributed by atoms with Gasteiger partial charge in [-0.1, -0.05) is 45.9 Å². The molecule has 0 radical (unpaired) electrons. The highest BCUT2D eigenvalue weighted by molar-refractivity contribution is 7.89. The predicted molar refractivity (Wildman–Crippen MR) is 117 cm³/mol. The van der Waals surface area contributed by atoms with E-state index in [1.165, 1.54) is 4.31 Å². The maximum Gasteiger partial charge on any atom is 0.243 e. The molecule has 0 spiro atoms. The van der Waals surface area contributed by atoms with Crippen LogP contribution in [0.2, 0.25) is 0 Å². The normalized spacial score (nSPS) is 16.5. The van der Waals surface area contributed by atoms with Gasteiger partial charge in [0.05, 0.1) is 4.90 Å². The van der Waals surface area contributed by atoms with Gasteiger partial charge in [0.1, 0.15) is 0 Å². The zero-order valence-electron chi connectivity index (χ0n) is 18.4. The number of hydrogen-bond acceptors (Lipinski definition) is 4. The van der Waals surface area contributed by atoms with Gasteiger partial charge in [-0.25, -0.2) is 8.42 Å². The molecule has 0 aromatic heterocycles. The summed E-state index contributed by atoms with van der Waals surface area (Å²) in [5.41, 5.74) is 0. The van der Waals surface area contributed by atoms with E-state index in [0.29, 0.717) is 36.7 Å². The van der Waals surface area contributed by atoms with Crippen LogP contribution in [0.15, 0.2) is 35.2 Å². The van der Waals surface area contributed by atoms with Crippen molar-refractivity contribution in [2.24, 2.45) is 11.8 Å². The summed E-state index contributed by atoms with van der Waals surface area (Å²) in [6.07, 6.45) is 1.18. The first-order chi connectivity index (χ1) is 13.8. The lowest BCUT2D eigenvalue weighted by atomic mass is 9.96. The maximum atomic E-state index is 13.2. The van der Waals surface area contributed by atoms with Gasteiger partial charge < -0.3 is 9.80 Å². The minimum Gasteiger partial charge on any atom is -0.341 e. The van der Waals surface area contributed by atoms with Crippen molar-refractivity contribution in [3.63, 3.8) is 0 Å². The van der Waals surface area contributed by atoms with Crippen molar-refractivity contribution < 1.29 is 13.2 Å². The number of carbonyl (C=O) groups is 1. The van der Waals surface area contributed by atoms with Crippen LogP contribution in [-0.4, -0.2) is 74.2 Å². The number of sulfonamides is 1. The summed E-state index contributed by atoms with van der Waals surface area (Å²) >= 11 is 0. The molecule has 7 heteroatoms. The van der Waals surface area contributed by atoms with Gasteiger partial charge >= 0.3 is 0 Å². The lowest BCUT2D eigenvalue weighted by molar-refractivity contribution is -0.137. The maximum absolute atomic E-state index is 13.2. The average Bonchev–Trinajstić information content (AvgIpc) is 2.73. The Morgan fingerprint density at radius 3 is 2.17 bits per heavy atom. The van der Waals surface area contributed by atoms with Crippen molar-refractivity contribution in [1.29, 1.82) is 0 Å². The minimum atomic E-state index is -3.48. The van der Waals surface area contributed by atoms with E-state index in [9.17, 15) is 13.2 Å². The van der Waals surface area contributed by atoms with Gasteiger partial charge in [0.15, 0.2) is 0 Å². The topological polar surface area (TPSA) is 60.9 Å². The predicted octanol–water partition coefficient (Wildman–Crippen LogP) is 2.91. The molecule has 1 amide bonds. The largest absolute Gasteiger partial charge is 0.341 e. The molecular formula is C22H37N3O3S. The molecule has 1 aromatic rings. The van der Waals surface area contributed by atoms with Crippen molar-refractivity contribution in [1.82, 2.24) is 14.1 Å². The van der Waals surface area contributed by atoms with Crippen molar-refractivity contribution in [3.05, 3.63) is 30.3 Å². The van der Waals surface area contributed by atoms with Gasteiger partial charge in [-0.05, 0) is 44.0 Å². The SMILES string of the molecule is CCN(CC)CCN(CC(C)C)C(=O)C1CCN(S(=O)(=O)c2ccccc2)CC1. The molecule has 2 rings (SSSR count). The highest BCUT2D eigenvalue weighted by Crippen LogP contribution is 2.25. The number of amides is 1. The van der Waals surface area contributed by atoms with Gasteiger partial charge in [-0.15, -0.1) is 0 Å². The third-order valence-electron chi connectivity index (χ3n) is 5.66. The molecule has 0 N–H and O–H groups in total. The Kier molecular flexibility index (Phi) is 9.11. The van der Waals surface area contributed by atoms with Crippen molar-refractivity contribution in [2.75, 3.05) is 45.8 Å². The van der Waals surface area contributed by atoms with Gasteiger partial charge in [-0.2, -0.15) is 4.31 Å². The van der Waals surface area contributed by atoms with E-state index in [1.54, 1.807) is 24.3 Å². The van der Waals surface area contributed by atoms with Crippen molar-refractivity contribution in [2.45, 2.75) is 45.4 Å². The Bertz CT molecular complexity index is 725. The summed E-state index contributed by atoms with van der Waals surface area (Å²) in [5.74, 6) is 0.504. The highest BCUT2D eigenvalue weighted by atomic mass is 32.2. The lowest BCUT2D eigenvalue weighted by Crippen LogP contribution is -2.47. The summed E-state index contributed by atoms with van der Waals surface area (Å²) in [6.45, 7) is 13.7. The van der Waals surface area contributed by atoms with E-state index in [0.717, 1.165) is 32.7 Å². The number of rotatable bonds is 10. The average molecular weight is 424 g/mol. The Morgan fingerprint density at radius 2 is 1.66 bits per heavy atom. The number of nitrogens with zero attached hydrogens (tertiary/aromatic N) is 3. The minimum absolute atomic E-state index is 0.0901. The molecule has 0 atom stereocenters. The molecule has 29 heavy (non-hydrogen) atoms. The first kappa shape index (κ1) is 23.8.